The summed E-state index contributed by atoms with van der Waals surface area (Å²) >= 11 is 0. The fourth-order valence-electron chi connectivity index (χ4n) is 9.67. The zero-order valence-corrected chi connectivity index (χ0v) is 29.0. The molecule has 12 heteroatoms. The number of hydrogen-bond acceptors (Lipinski definition) is 9. The molecule has 9 nitrogen and oxygen atoms in total. The summed E-state index contributed by atoms with van der Waals surface area (Å²) in [6.45, 7) is 5.30. The Morgan fingerprint density at radius 1 is 1.10 bits per heavy atom. The molecular weight excluding hydrogens is 671 g/mol. The van der Waals surface area contributed by atoms with E-state index in [1.807, 2.05) is 6.07 Å². The van der Waals surface area contributed by atoms with Crippen molar-refractivity contribution in [3.8, 4) is 35.2 Å². The van der Waals surface area contributed by atoms with Crippen molar-refractivity contribution in [2.24, 2.45) is 0 Å². The number of piperazine rings is 1. The summed E-state index contributed by atoms with van der Waals surface area (Å²) in [4.78, 5) is 16.5. The number of aromatic nitrogens is 2. The van der Waals surface area contributed by atoms with Gasteiger partial charge in [0.05, 0.1) is 22.1 Å². The van der Waals surface area contributed by atoms with Crippen LogP contribution in [0.25, 0.3) is 43.8 Å². The Morgan fingerprint density at radius 3 is 2.67 bits per heavy atom. The molecule has 4 aliphatic heterocycles. The first kappa shape index (κ1) is 33.3. The molecule has 2 N–H and O–H groups in total. The summed E-state index contributed by atoms with van der Waals surface area (Å²) in [5, 5.41) is 22.1. The Morgan fingerprint density at radius 2 is 1.90 bits per heavy atom. The fourth-order valence-corrected chi connectivity index (χ4v) is 9.67. The van der Waals surface area contributed by atoms with Gasteiger partial charge in [0.1, 0.15) is 47.0 Å². The van der Waals surface area contributed by atoms with E-state index in [0.29, 0.717) is 60.2 Å². The molecule has 4 fully saturated rings. The van der Waals surface area contributed by atoms with Crippen molar-refractivity contribution in [2.75, 3.05) is 50.8 Å². The molecule has 5 aromatic rings. The highest BCUT2D eigenvalue weighted by atomic mass is 19.1. The number of phenols is 1. The number of fused-ring (bicyclic) bond motifs is 7. The van der Waals surface area contributed by atoms with E-state index in [-0.39, 0.29) is 70.2 Å². The summed E-state index contributed by atoms with van der Waals surface area (Å²) in [5.41, 5.74) is -0.192. The number of aliphatic hydroxyl groups excluding tert-OH is 1. The Balaban J connectivity index is 1.26. The Hall–Kier alpha value is -4.57. The second kappa shape index (κ2) is 12.5. The number of phenolic OH excluding ortho intramolecular Hbond substituents is 1. The van der Waals surface area contributed by atoms with Crippen LogP contribution in [0.1, 0.15) is 49.8 Å². The second-order valence-electron chi connectivity index (χ2n) is 15.0. The average Bonchev–Trinajstić information content (AvgIpc) is 3.84. The van der Waals surface area contributed by atoms with E-state index in [1.54, 1.807) is 6.92 Å². The Bertz CT molecular complexity index is 2280. The third-order valence-corrected chi connectivity index (χ3v) is 11.9. The predicted molar refractivity (Wildman–Crippen MR) is 192 cm³/mol. The average molecular weight is 712 g/mol. The number of aliphatic hydroxyl groups is 1. The van der Waals surface area contributed by atoms with Crippen LogP contribution in [-0.4, -0.2) is 99.7 Å². The number of anilines is 1. The first-order valence-electron chi connectivity index (χ1n) is 18.2. The van der Waals surface area contributed by atoms with Gasteiger partial charge in [-0.2, -0.15) is 9.97 Å². The van der Waals surface area contributed by atoms with Crippen molar-refractivity contribution < 1.29 is 32.5 Å². The van der Waals surface area contributed by atoms with Crippen LogP contribution >= 0.6 is 0 Å². The molecule has 0 amide bonds. The molecule has 4 atom stereocenters. The zero-order valence-electron chi connectivity index (χ0n) is 29.0. The number of halogens is 3. The third-order valence-electron chi connectivity index (χ3n) is 11.9. The van der Waals surface area contributed by atoms with Gasteiger partial charge in [0.15, 0.2) is 5.82 Å². The largest absolute Gasteiger partial charge is 0.508 e. The molecule has 0 spiro atoms. The molecule has 0 aliphatic carbocycles. The van der Waals surface area contributed by atoms with E-state index in [2.05, 4.69) is 20.6 Å². The summed E-state index contributed by atoms with van der Waals surface area (Å²) in [7, 11) is 0. The number of furan rings is 1. The quantitative estimate of drug-likeness (QED) is 0.176. The molecule has 52 heavy (non-hydrogen) atoms. The van der Waals surface area contributed by atoms with Gasteiger partial charge >= 0.3 is 6.01 Å². The monoisotopic (exact) mass is 711 g/mol. The topological polar surface area (TPSA) is 98.3 Å². The zero-order chi connectivity index (χ0) is 35.9. The molecule has 2 bridgehead atoms. The maximum Gasteiger partial charge on any atom is 0.319 e. The van der Waals surface area contributed by atoms with Crippen molar-refractivity contribution in [3.05, 3.63) is 53.3 Å². The maximum atomic E-state index is 17.6. The lowest BCUT2D eigenvalue weighted by Gasteiger charge is -2.42. The van der Waals surface area contributed by atoms with Gasteiger partial charge in [0.25, 0.3) is 0 Å². The summed E-state index contributed by atoms with van der Waals surface area (Å²) in [6.07, 6.45) is 9.65. The van der Waals surface area contributed by atoms with Crippen LogP contribution in [0.4, 0.5) is 19.0 Å². The van der Waals surface area contributed by atoms with E-state index in [1.165, 1.54) is 24.3 Å². The normalized spacial score (nSPS) is 24.8. The van der Waals surface area contributed by atoms with E-state index in [4.69, 9.17) is 25.5 Å². The van der Waals surface area contributed by atoms with E-state index < -0.39 is 23.3 Å². The van der Waals surface area contributed by atoms with Crippen LogP contribution in [0.5, 0.6) is 11.8 Å². The van der Waals surface area contributed by atoms with Gasteiger partial charge in [-0.15, -0.1) is 6.42 Å². The number of alkyl halides is 1. The lowest BCUT2D eigenvalue weighted by Crippen LogP contribution is -2.54. The minimum atomic E-state index is -0.943. The van der Waals surface area contributed by atoms with Crippen LogP contribution in [0.15, 0.2) is 34.7 Å². The molecule has 0 radical (unpaired) electrons. The number of hydrogen-bond donors (Lipinski definition) is 2. The number of aromatic hydroxyl groups is 1. The Kier molecular flexibility index (Phi) is 8.02. The molecule has 2 unspecified atom stereocenters. The molecule has 4 saturated heterocycles. The first-order valence-corrected chi connectivity index (χ1v) is 18.2. The van der Waals surface area contributed by atoms with Gasteiger partial charge in [-0.3, -0.25) is 9.80 Å². The molecule has 0 saturated carbocycles. The maximum absolute atomic E-state index is 17.6. The van der Waals surface area contributed by atoms with Crippen molar-refractivity contribution in [1.82, 2.24) is 19.8 Å². The highest BCUT2D eigenvalue weighted by Crippen LogP contribution is 2.47. The van der Waals surface area contributed by atoms with E-state index in [9.17, 15) is 14.6 Å². The fraction of sp³-hybridized carbons (Fsp3) is 0.450. The number of benzene rings is 3. The van der Waals surface area contributed by atoms with Crippen molar-refractivity contribution in [2.45, 2.75) is 69.2 Å². The summed E-state index contributed by atoms with van der Waals surface area (Å²) in [5.74, 6) is 1.90. The smallest absolute Gasteiger partial charge is 0.319 e. The number of nitrogens with zero attached hydrogens (tertiary/aromatic N) is 5. The van der Waals surface area contributed by atoms with Crippen LogP contribution in [0.3, 0.4) is 0 Å². The van der Waals surface area contributed by atoms with Crippen LogP contribution in [0.2, 0.25) is 0 Å². The van der Waals surface area contributed by atoms with Gasteiger partial charge in [-0.05, 0) is 75.2 Å². The van der Waals surface area contributed by atoms with Crippen LogP contribution in [0, 0.1) is 30.9 Å². The molecular formula is C40H40F3N5O4. The minimum Gasteiger partial charge on any atom is -0.508 e. The molecule has 2 aromatic heterocycles. The van der Waals surface area contributed by atoms with Gasteiger partial charge in [-0.1, -0.05) is 12.0 Å². The second-order valence-corrected chi connectivity index (χ2v) is 15.0. The lowest BCUT2D eigenvalue weighted by molar-refractivity contribution is 0.107. The van der Waals surface area contributed by atoms with Gasteiger partial charge in [-0.25, -0.2) is 13.2 Å². The van der Waals surface area contributed by atoms with Crippen molar-refractivity contribution >= 4 is 38.5 Å². The molecule has 270 valence electrons. The van der Waals surface area contributed by atoms with Gasteiger partial charge in [0, 0.05) is 67.6 Å². The van der Waals surface area contributed by atoms with E-state index in [0.717, 1.165) is 38.8 Å². The molecule has 6 heterocycles. The summed E-state index contributed by atoms with van der Waals surface area (Å²) < 4.78 is 60.2. The lowest BCUT2D eigenvalue weighted by atomic mass is 9.91. The highest BCUT2D eigenvalue weighted by molar-refractivity contribution is 6.18. The first-order chi connectivity index (χ1) is 25.2. The Labute approximate surface area is 299 Å². The van der Waals surface area contributed by atoms with Crippen molar-refractivity contribution in [3.63, 3.8) is 0 Å². The molecule has 4 aliphatic rings. The van der Waals surface area contributed by atoms with Gasteiger partial charge in [0.2, 0.25) is 0 Å². The number of ether oxygens (including phenoxy) is 1. The van der Waals surface area contributed by atoms with Crippen LogP contribution < -0.4 is 9.64 Å². The molecule has 9 rings (SSSR count). The number of rotatable bonds is 8. The standard InChI is InChI=1S/C40H40F3N5O4/c1-3-28-31(42)9-6-23-15-27(50)16-29(32(23)28)33-35(43)36-34(30-14-22(2)52-37(30)33)38(46-19-25-7-8-26(20-46)48(25)12-5-13-49)45-39(44-36)51-21-40-10-4-11-47(40)18-24(41)17-40/h1,6,9,14-16,24-26,49-50H,4-5,7-8,10-13,17-21H2,2H3/t24-,25?,26?,40+/m1/s1. The predicted octanol–water partition coefficient (Wildman–Crippen LogP) is 6.46. The van der Waals surface area contributed by atoms with Crippen molar-refractivity contribution in [1.29, 1.82) is 0 Å². The SMILES string of the molecule is C#Cc1c(F)ccc2cc(O)cc(-c3c(F)c4nc(OC[C@@]56CCCN5C[C@H](F)C6)nc(N5CC6CCC(C5)N6CCCO)c4c4cc(C)oc34)c12. The number of terminal acetylenes is 1. The third kappa shape index (κ3) is 5.19. The summed E-state index contributed by atoms with van der Waals surface area (Å²) in [6, 6.07) is 7.82. The van der Waals surface area contributed by atoms with Crippen LogP contribution in [-0.2, 0) is 0 Å². The van der Waals surface area contributed by atoms with Gasteiger partial charge < -0.3 is 24.3 Å². The van der Waals surface area contributed by atoms with E-state index >= 15 is 8.78 Å². The molecule has 3 aromatic carbocycles. The highest BCUT2D eigenvalue weighted by Gasteiger charge is 2.49. The minimum absolute atomic E-state index is 0.0101. The number of aryl methyl sites for hydroxylation is 1.